The Bertz CT molecular complexity index is 4370. The highest BCUT2D eigenvalue weighted by Crippen LogP contribution is 2.44. The Kier molecular flexibility index (Phi) is 16.6. The van der Waals surface area contributed by atoms with Gasteiger partial charge < -0.3 is 10.6 Å². The number of thiazole rings is 1. The highest BCUT2D eigenvalue weighted by Gasteiger charge is 2.27. The first-order chi connectivity index (χ1) is 37.4. The van der Waals surface area contributed by atoms with Gasteiger partial charge in [0.25, 0.3) is 50.6 Å². The molecule has 24 nitrogen and oxygen atoms in total. The Balaban J connectivity index is 1.27. The Morgan fingerprint density at radius 2 is 1.08 bits per heavy atom. The predicted octanol–water partition coefficient (Wildman–Crippen LogP) is 10.3. The van der Waals surface area contributed by atoms with Crippen molar-refractivity contribution in [2.24, 2.45) is 20.5 Å². The molecular formula is C49H41N9O15S6. The molecule has 2 heterocycles. The molecule has 8 rings (SSSR count). The SMILES string of the molecule is COS(=O)(=O)c1ccc(Nc2nc(Nc3ccc(S(=O)(=O)OC)cc3)c(N=Nc3nc(-c4ccc(-c5ccccc5)cc4)c(N=Nc4cc(S(=O)(=O)OC)c5cc(CS(=O)(=O)O)cc(S(=O)(=O)OC)c5c4)s3)c(C)c2C#N)cc1. The highest BCUT2D eigenvalue weighted by atomic mass is 32.2. The number of anilines is 4. The summed E-state index contributed by atoms with van der Waals surface area (Å²) in [5, 5.41) is 33.8. The summed E-state index contributed by atoms with van der Waals surface area (Å²) in [6.45, 7) is 1.56. The number of benzene rings is 6. The zero-order chi connectivity index (χ0) is 57.1. The normalized spacial score (nSPS) is 12.6. The Labute approximate surface area is 457 Å². The minimum absolute atomic E-state index is 0.00111. The summed E-state index contributed by atoms with van der Waals surface area (Å²) in [6.07, 6.45) is 0. The molecule has 0 amide bonds. The van der Waals surface area contributed by atoms with E-state index in [1.54, 1.807) is 19.1 Å². The summed E-state index contributed by atoms with van der Waals surface area (Å²) >= 11 is 0.861. The maximum absolute atomic E-state index is 13.5. The molecular weight excluding hydrogens is 1150 g/mol. The number of nitrogens with zero attached hydrogens (tertiary/aromatic N) is 7. The summed E-state index contributed by atoms with van der Waals surface area (Å²) in [5.74, 6) is -1.09. The van der Waals surface area contributed by atoms with Gasteiger partial charge in [-0.2, -0.15) is 47.4 Å². The van der Waals surface area contributed by atoms with Crippen LogP contribution in [0.3, 0.4) is 0 Å². The van der Waals surface area contributed by atoms with E-state index in [9.17, 15) is 51.9 Å². The van der Waals surface area contributed by atoms with Crippen molar-refractivity contribution in [1.82, 2.24) is 9.97 Å². The topological polar surface area (TPSA) is 351 Å². The van der Waals surface area contributed by atoms with Crippen LogP contribution in [0, 0.1) is 18.3 Å². The molecule has 0 atom stereocenters. The molecule has 0 aliphatic rings. The lowest BCUT2D eigenvalue weighted by atomic mass is 10.0. The standard InChI is InChI=1S/C49H41N9O15S6/c1-29-41(27-50)46(51-34-15-19-37(20-16-34)76(62,63)70-2)54-47(52-35-17-21-38(22-18-35)77(64,65)71-3)44(29)56-58-49-53-45(33-13-11-32(12-14-33)31-9-7-6-8-10-31)48(74-49)57-55-36-25-40-39(43(26-36)79(68,69)73-5)23-30(28-75(59,60)61)24-42(40)78(66,67)72-4/h6-26H,28H2,1-5H3,(H2,51,52,54)(H,59,60,61). The number of nitrogens with one attached hydrogen (secondary N) is 2. The zero-order valence-corrected chi connectivity index (χ0v) is 46.5. The van der Waals surface area contributed by atoms with Crippen molar-refractivity contribution in [2.45, 2.75) is 32.3 Å². The van der Waals surface area contributed by atoms with Crippen LogP contribution in [0.25, 0.3) is 33.2 Å². The van der Waals surface area contributed by atoms with Crippen molar-refractivity contribution in [3.63, 3.8) is 0 Å². The fourth-order valence-electron chi connectivity index (χ4n) is 7.64. The Hall–Kier alpha value is -7.80. The molecule has 0 saturated heterocycles. The lowest BCUT2D eigenvalue weighted by Crippen LogP contribution is -2.09. The molecule has 0 unspecified atom stereocenters. The van der Waals surface area contributed by atoms with Gasteiger partial charge in [-0.3, -0.25) is 21.3 Å². The van der Waals surface area contributed by atoms with E-state index in [1.807, 2.05) is 42.5 Å². The van der Waals surface area contributed by atoms with Crippen LogP contribution in [-0.2, 0) is 73.1 Å². The van der Waals surface area contributed by atoms with Gasteiger partial charge in [-0.1, -0.05) is 65.9 Å². The average Bonchev–Trinajstić information content (AvgIpc) is 3.98. The van der Waals surface area contributed by atoms with Crippen molar-refractivity contribution < 1.29 is 63.4 Å². The number of azo groups is 2. The van der Waals surface area contributed by atoms with Gasteiger partial charge in [0.2, 0.25) is 5.13 Å². The second-order valence-electron chi connectivity index (χ2n) is 16.4. The Morgan fingerprint density at radius 1 is 0.570 bits per heavy atom. The molecule has 0 fully saturated rings. The van der Waals surface area contributed by atoms with E-state index in [-0.39, 0.29) is 76.1 Å². The lowest BCUT2D eigenvalue weighted by molar-refractivity contribution is 0.396. The van der Waals surface area contributed by atoms with Gasteiger partial charge in [0.05, 0.1) is 49.5 Å². The third-order valence-corrected chi connectivity index (χ3v) is 18.2. The van der Waals surface area contributed by atoms with Gasteiger partial charge in [0, 0.05) is 33.3 Å². The molecule has 6 aromatic carbocycles. The summed E-state index contributed by atoms with van der Waals surface area (Å²) in [5.41, 5.74) is 2.80. The monoisotopic (exact) mass is 1190 g/mol. The molecule has 3 N–H and O–H groups in total. The number of hydrogen-bond donors (Lipinski definition) is 3. The van der Waals surface area contributed by atoms with Crippen LogP contribution in [0.15, 0.2) is 167 Å². The van der Waals surface area contributed by atoms with Gasteiger partial charge in [-0.15, -0.1) is 20.5 Å². The molecule has 0 radical (unpaired) electrons. The first-order valence-corrected chi connectivity index (χ1v) is 30.4. The van der Waals surface area contributed by atoms with E-state index in [2.05, 4.69) is 50.5 Å². The number of hydrogen-bond acceptors (Lipinski definition) is 24. The van der Waals surface area contributed by atoms with Crippen LogP contribution < -0.4 is 10.6 Å². The third-order valence-electron chi connectivity index (χ3n) is 11.5. The van der Waals surface area contributed by atoms with Crippen LogP contribution in [0.4, 0.5) is 44.5 Å². The van der Waals surface area contributed by atoms with Crippen molar-refractivity contribution in [3.05, 3.63) is 144 Å². The van der Waals surface area contributed by atoms with Gasteiger partial charge >= 0.3 is 0 Å². The van der Waals surface area contributed by atoms with E-state index in [0.717, 1.165) is 69.1 Å². The molecule has 0 bridgehead atoms. The molecule has 0 aliphatic heterocycles. The highest BCUT2D eigenvalue weighted by molar-refractivity contribution is 7.88. The first kappa shape index (κ1) is 57.4. The molecule has 0 aliphatic carbocycles. The summed E-state index contributed by atoms with van der Waals surface area (Å²) in [7, 11) is -18.5. The summed E-state index contributed by atoms with van der Waals surface area (Å²) < 4.78 is 155. The molecule has 0 saturated carbocycles. The fourth-order valence-corrected chi connectivity index (χ4v) is 12.1. The van der Waals surface area contributed by atoms with Crippen LogP contribution in [0.1, 0.15) is 16.7 Å². The molecule has 79 heavy (non-hydrogen) atoms. The second kappa shape index (κ2) is 22.9. The number of aromatic nitrogens is 2. The first-order valence-electron chi connectivity index (χ1n) is 22.4. The molecule has 8 aromatic rings. The fraction of sp³-hybridized carbons (Fsp3) is 0.122. The number of nitriles is 1. The van der Waals surface area contributed by atoms with Gasteiger partial charge in [-0.25, -0.2) is 9.97 Å². The molecule has 408 valence electrons. The van der Waals surface area contributed by atoms with E-state index in [1.165, 1.54) is 54.6 Å². The second-order valence-corrected chi connectivity index (χ2v) is 25.6. The number of pyridine rings is 1. The van der Waals surface area contributed by atoms with Gasteiger partial charge in [-0.05, 0) is 96.4 Å². The maximum atomic E-state index is 13.5. The van der Waals surface area contributed by atoms with E-state index in [4.69, 9.17) is 13.4 Å². The number of fused-ring (bicyclic) bond motifs is 1. The van der Waals surface area contributed by atoms with Gasteiger partial charge in [0.1, 0.15) is 33.0 Å². The van der Waals surface area contributed by atoms with Crippen molar-refractivity contribution in [3.8, 4) is 28.5 Å². The minimum Gasteiger partial charge on any atom is -0.339 e. The summed E-state index contributed by atoms with van der Waals surface area (Å²) in [6, 6.07) is 33.8. The minimum atomic E-state index is -4.75. The van der Waals surface area contributed by atoms with Crippen LogP contribution >= 0.6 is 11.3 Å². The quantitative estimate of drug-likeness (QED) is 0.0362. The van der Waals surface area contributed by atoms with Gasteiger partial charge in [0.15, 0.2) is 16.6 Å². The van der Waals surface area contributed by atoms with Crippen LogP contribution in [-0.4, -0.2) is 85.0 Å². The largest absolute Gasteiger partial charge is 0.339 e. The summed E-state index contributed by atoms with van der Waals surface area (Å²) in [4.78, 5) is 7.84. The van der Waals surface area contributed by atoms with E-state index in [0.29, 0.717) is 16.9 Å². The molecule has 0 spiro atoms. The molecule has 30 heteroatoms. The maximum Gasteiger partial charge on any atom is 0.297 e. The predicted molar refractivity (Wildman–Crippen MR) is 290 cm³/mol. The van der Waals surface area contributed by atoms with Crippen LogP contribution in [0.5, 0.6) is 0 Å². The van der Waals surface area contributed by atoms with E-state index < -0.39 is 66.1 Å². The van der Waals surface area contributed by atoms with Crippen molar-refractivity contribution in [2.75, 3.05) is 39.1 Å². The number of rotatable bonds is 20. The Morgan fingerprint density at radius 3 is 1.61 bits per heavy atom. The smallest absolute Gasteiger partial charge is 0.297 e. The van der Waals surface area contributed by atoms with Crippen molar-refractivity contribution in [1.29, 1.82) is 5.26 Å². The van der Waals surface area contributed by atoms with E-state index >= 15 is 0 Å². The van der Waals surface area contributed by atoms with Crippen molar-refractivity contribution >= 4 is 117 Å². The molecule has 2 aromatic heterocycles. The average molecular weight is 1190 g/mol. The van der Waals surface area contributed by atoms with Crippen LogP contribution in [0.2, 0.25) is 0 Å². The third kappa shape index (κ3) is 12.9. The zero-order valence-electron chi connectivity index (χ0n) is 41.6. The lowest BCUT2D eigenvalue weighted by Gasteiger charge is -2.16.